The molecule has 0 spiro atoms. The minimum Gasteiger partial charge on any atom is -0.495 e. The predicted molar refractivity (Wildman–Crippen MR) is 102 cm³/mol. The van der Waals surface area contributed by atoms with E-state index in [-0.39, 0.29) is 17.2 Å². The fraction of sp³-hybridized carbons (Fsp3) is 0.316. The molecule has 140 valence electrons. The number of rotatable bonds is 7. The predicted octanol–water partition coefficient (Wildman–Crippen LogP) is 2.69. The second-order valence-electron chi connectivity index (χ2n) is 6.11. The maximum atomic E-state index is 12.7. The third-order valence-corrected chi connectivity index (χ3v) is 5.39. The van der Waals surface area contributed by atoms with Crippen molar-refractivity contribution in [3.63, 3.8) is 0 Å². The van der Waals surface area contributed by atoms with Crippen molar-refractivity contribution < 1.29 is 17.9 Å². The van der Waals surface area contributed by atoms with Crippen LogP contribution >= 0.6 is 0 Å². The summed E-state index contributed by atoms with van der Waals surface area (Å²) in [6, 6.07) is 11.9. The number of anilines is 1. The molecule has 0 atom stereocenters. The van der Waals surface area contributed by atoms with Crippen LogP contribution in [0.4, 0.5) is 5.69 Å². The first-order chi connectivity index (χ1) is 12.3. The Morgan fingerprint density at radius 3 is 2.23 bits per heavy atom. The van der Waals surface area contributed by atoms with Crippen LogP contribution in [0.15, 0.2) is 47.4 Å². The van der Waals surface area contributed by atoms with Crippen molar-refractivity contribution in [2.75, 3.05) is 25.9 Å². The molecule has 0 radical (unpaired) electrons. The molecule has 26 heavy (non-hydrogen) atoms. The summed E-state index contributed by atoms with van der Waals surface area (Å²) in [5.74, 6) is 0.280. The average Bonchev–Trinajstić information content (AvgIpc) is 2.62. The highest BCUT2D eigenvalue weighted by Crippen LogP contribution is 2.27. The van der Waals surface area contributed by atoms with E-state index in [9.17, 15) is 13.2 Å². The van der Waals surface area contributed by atoms with Gasteiger partial charge in [0.25, 0.3) is 10.0 Å². The lowest BCUT2D eigenvalue weighted by Crippen LogP contribution is -2.23. The number of nitrogens with one attached hydrogen (secondary N) is 1. The van der Waals surface area contributed by atoms with Crippen LogP contribution in [0.1, 0.15) is 18.1 Å². The summed E-state index contributed by atoms with van der Waals surface area (Å²) in [6.07, 6.45) is 0.994. The first kappa shape index (κ1) is 19.8. The number of aryl methyl sites for hydroxylation is 1. The van der Waals surface area contributed by atoms with E-state index >= 15 is 0 Å². The number of sulfonamides is 1. The molecule has 7 heteroatoms. The molecule has 0 bridgehead atoms. The molecule has 6 nitrogen and oxygen atoms in total. The van der Waals surface area contributed by atoms with Gasteiger partial charge in [0, 0.05) is 19.8 Å². The number of amides is 1. The van der Waals surface area contributed by atoms with Crippen LogP contribution in [0.5, 0.6) is 5.75 Å². The first-order valence-corrected chi connectivity index (χ1v) is 9.74. The van der Waals surface area contributed by atoms with Crippen LogP contribution in [-0.4, -0.2) is 40.4 Å². The minimum absolute atomic E-state index is 0.0144. The molecule has 2 aromatic carbocycles. The fourth-order valence-electron chi connectivity index (χ4n) is 2.38. The second-order valence-corrected chi connectivity index (χ2v) is 7.76. The first-order valence-electron chi connectivity index (χ1n) is 8.25. The van der Waals surface area contributed by atoms with Crippen molar-refractivity contribution in [2.45, 2.75) is 24.7 Å². The zero-order valence-corrected chi connectivity index (χ0v) is 16.3. The lowest BCUT2D eigenvalue weighted by molar-refractivity contribution is -0.127. The molecular weight excluding hydrogens is 352 g/mol. The van der Waals surface area contributed by atoms with Gasteiger partial charge in [0.1, 0.15) is 10.6 Å². The van der Waals surface area contributed by atoms with Gasteiger partial charge in [-0.1, -0.05) is 25.1 Å². The third kappa shape index (κ3) is 4.76. The van der Waals surface area contributed by atoms with Gasteiger partial charge >= 0.3 is 0 Å². The number of hydrogen-bond donors (Lipinski definition) is 1. The summed E-state index contributed by atoms with van der Waals surface area (Å²) >= 11 is 0. The van der Waals surface area contributed by atoms with Gasteiger partial charge in [0.05, 0.1) is 13.5 Å². The van der Waals surface area contributed by atoms with Crippen molar-refractivity contribution in [1.29, 1.82) is 0 Å². The van der Waals surface area contributed by atoms with Gasteiger partial charge < -0.3 is 9.64 Å². The summed E-state index contributed by atoms with van der Waals surface area (Å²) < 4.78 is 33.3. The van der Waals surface area contributed by atoms with Crippen molar-refractivity contribution in [1.82, 2.24) is 4.90 Å². The number of methoxy groups -OCH3 is 1. The number of likely N-dealkylation sites (N-methyl/N-ethyl adjacent to an activating group) is 1. The smallest absolute Gasteiger partial charge is 0.265 e. The molecule has 0 fully saturated rings. The summed E-state index contributed by atoms with van der Waals surface area (Å²) in [5.41, 5.74) is 2.15. The Morgan fingerprint density at radius 2 is 1.69 bits per heavy atom. The quantitative estimate of drug-likeness (QED) is 0.806. The molecule has 2 rings (SSSR count). The van der Waals surface area contributed by atoms with Crippen LogP contribution < -0.4 is 9.46 Å². The Hall–Kier alpha value is -2.54. The number of nitrogens with zero attached hydrogens (tertiary/aromatic N) is 1. The van der Waals surface area contributed by atoms with Crippen LogP contribution in [-0.2, 0) is 27.7 Å². The number of hydrogen-bond acceptors (Lipinski definition) is 4. The Labute approximate surface area is 154 Å². The Balaban J connectivity index is 2.23. The van der Waals surface area contributed by atoms with Gasteiger partial charge in [-0.3, -0.25) is 9.52 Å². The van der Waals surface area contributed by atoms with E-state index in [4.69, 9.17) is 4.74 Å². The topological polar surface area (TPSA) is 75.7 Å². The summed E-state index contributed by atoms with van der Waals surface area (Å²) in [4.78, 5) is 13.4. The third-order valence-electron chi connectivity index (χ3n) is 3.99. The molecule has 0 aliphatic carbocycles. The van der Waals surface area contributed by atoms with Gasteiger partial charge in [0.2, 0.25) is 5.91 Å². The second kappa shape index (κ2) is 8.23. The molecular formula is C19H24N2O4S. The SMILES string of the molecule is CCc1ccc(OC)c(S(=O)(=O)Nc2ccc(CC(=O)N(C)C)cc2)c1. The van der Waals surface area contributed by atoms with E-state index < -0.39 is 10.0 Å². The molecule has 0 aliphatic rings. The molecule has 1 amide bonds. The normalized spacial score (nSPS) is 11.1. The zero-order valence-electron chi connectivity index (χ0n) is 15.4. The Kier molecular flexibility index (Phi) is 6.26. The van der Waals surface area contributed by atoms with Gasteiger partial charge in [0.15, 0.2) is 0 Å². The molecule has 0 saturated carbocycles. The summed E-state index contributed by atoms with van der Waals surface area (Å²) in [7, 11) is 1.05. The van der Waals surface area contributed by atoms with E-state index in [1.165, 1.54) is 12.0 Å². The highest BCUT2D eigenvalue weighted by Gasteiger charge is 2.20. The number of benzene rings is 2. The molecule has 0 saturated heterocycles. The zero-order chi connectivity index (χ0) is 19.3. The van der Waals surface area contributed by atoms with Gasteiger partial charge in [-0.2, -0.15) is 0 Å². The van der Waals surface area contributed by atoms with Crippen molar-refractivity contribution in [3.05, 3.63) is 53.6 Å². The lowest BCUT2D eigenvalue weighted by Gasteiger charge is -2.13. The summed E-state index contributed by atoms with van der Waals surface area (Å²) in [5, 5.41) is 0. The maximum absolute atomic E-state index is 12.7. The number of ether oxygens (including phenoxy) is 1. The van der Waals surface area contributed by atoms with E-state index in [0.717, 1.165) is 17.5 Å². The molecule has 0 unspecified atom stereocenters. The maximum Gasteiger partial charge on any atom is 0.265 e. The van der Waals surface area contributed by atoms with Crippen LogP contribution in [0, 0.1) is 0 Å². The Bertz CT molecular complexity index is 875. The number of carbonyl (C=O) groups excluding carboxylic acids is 1. The highest BCUT2D eigenvalue weighted by molar-refractivity contribution is 7.92. The summed E-state index contributed by atoms with van der Waals surface area (Å²) in [6.45, 7) is 1.96. The molecule has 0 aliphatic heterocycles. The monoisotopic (exact) mass is 376 g/mol. The van der Waals surface area contributed by atoms with Crippen LogP contribution in [0.3, 0.4) is 0 Å². The number of carbonyl (C=O) groups is 1. The molecule has 0 aromatic heterocycles. The minimum atomic E-state index is -3.79. The van der Waals surface area contributed by atoms with Crippen molar-refractivity contribution in [3.8, 4) is 5.75 Å². The van der Waals surface area contributed by atoms with E-state index in [0.29, 0.717) is 11.4 Å². The molecule has 0 heterocycles. The van der Waals surface area contributed by atoms with Crippen LogP contribution in [0.2, 0.25) is 0 Å². The fourth-order valence-corrected chi connectivity index (χ4v) is 3.66. The average molecular weight is 376 g/mol. The van der Waals surface area contributed by atoms with E-state index in [2.05, 4.69) is 4.72 Å². The molecule has 1 N–H and O–H groups in total. The van der Waals surface area contributed by atoms with Crippen molar-refractivity contribution in [2.24, 2.45) is 0 Å². The van der Waals surface area contributed by atoms with Gasteiger partial charge in [-0.05, 0) is 41.8 Å². The largest absolute Gasteiger partial charge is 0.495 e. The van der Waals surface area contributed by atoms with E-state index in [1.54, 1.807) is 50.5 Å². The van der Waals surface area contributed by atoms with E-state index in [1.807, 2.05) is 13.0 Å². The highest BCUT2D eigenvalue weighted by atomic mass is 32.2. The lowest BCUT2D eigenvalue weighted by atomic mass is 10.1. The van der Waals surface area contributed by atoms with Crippen molar-refractivity contribution >= 4 is 21.6 Å². The van der Waals surface area contributed by atoms with Gasteiger partial charge in [-0.25, -0.2) is 8.42 Å². The Morgan fingerprint density at radius 1 is 1.08 bits per heavy atom. The standard InChI is InChI=1S/C19H24N2O4S/c1-5-14-8-11-17(25-4)18(12-14)26(23,24)20-16-9-6-15(7-10-16)13-19(22)21(2)3/h6-12,20H,5,13H2,1-4H3. The van der Waals surface area contributed by atoms with Gasteiger partial charge in [-0.15, -0.1) is 0 Å². The molecule has 2 aromatic rings. The van der Waals surface area contributed by atoms with Crippen LogP contribution in [0.25, 0.3) is 0 Å².